The zero-order chi connectivity index (χ0) is 47.8. The Labute approximate surface area is 413 Å². The summed E-state index contributed by atoms with van der Waals surface area (Å²) >= 11 is 30.3. The van der Waals surface area contributed by atoms with Crippen molar-refractivity contribution in [3.8, 4) is 22.5 Å². The van der Waals surface area contributed by atoms with Gasteiger partial charge in [0.05, 0.1) is 48.3 Å². The monoisotopic (exact) mass is 1010 g/mol. The number of fused-ring (bicyclic) bond motifs is 2. The highest BCUT2D eigenvalue weighted by Crippen LogP contribution is 2.41. The van der Waals surface area contributed by atoms with Crippen LogP contribution < -0.4 is 0 Å². The number of sulfone groups is 1. The maximum atomic E-state index is 12.6. The zero-order valence-electron chi connectivity index (χ0n) is 35.8. The van der Waals surface area contributed by atoms with Crippen LogP contribution in [0.2, 0.25) is 25.1 Å². The third-order valence-electron chi connectivity index (χ3n) is 11.1. The molecule has 3 aromatic heterocycles. The van der Waals surface area contributed by atoms with Crippen LogP contribution in [0.5, 0.6) is 0 Å². The number of carbonyl (C=O) groups is 2. The van der Waals surface area contributed by atoms with Crippen LogP contribution >= 0.6 is 58.0 Å². The van der Waals surface area contributed by atoms with Crippen molar-refractivity contribution in [1.82, 2.24) is 19.5 Å². The molecule has 0 radical (unpaired) electrons. The second kappa shape index (κ2) is 21.8. The lowest BCUT2D eigenvalue weighted by atomic mass is 10.0. The minimum Gasteiger partial charge on any atom is -0.360 e. The third-order valence-corrected chi connectivity index (χ3v) is 14.7. The largest absolute Gasteiger partial charge is 0.360 e. The lowest BCUT2D eigenvalue weighted by molar-refractivity contribution is 0.111. The summed E-state index contributed by atoms with van der Waals surface area (Å²) in [7, 11) is -3.81. The van der Waals surface area contributed by atoms with Gasteiger partial charge in [-0.2, -0.15) is 0 Å². The Morgan fingerprint density at radius 2 is 1.40 bits per heavy atom. The van der Waals surface area contributed by atoms with Gasteiger partial charge in [0.1, 0.15) is 6.29 Å². The number of hydrogen-bond acceptors (Lipinski definition) is 5. The van der Waals surface area contributed by atoms with Crippen molar-refractivity contribution in [2.45, 2.75) is 49.4 Å². The summed E-state index contributed by atoms with van der Waals surface area (Å²) in [5.41, 5.74) is 8.36. The molecule has 1 atom stereocenters. The lowest BCUT2D eigenvalue weighted by Gasteiger charge is -2.10. The fourth-order valence-corrected chi connectivity index (χ4v) is 9.34. The van der Waals surface area contributed by atoms with Crippen LogP contribution in [0.3, 0.4) is 0 Å². The molecule has 10 rings (SSSR count). The number of H-pyrrole nitrogens is 2. The number of halogens is 5. The number of aldehydes is 2. The van der Waals surface area contributed by atoms with Gasteiger partial charge in [-0.25, -0.2) is 26.5 Å². The second-order valence-electron chi connectivity index (χ2n) is 16.1. The second-order valence-corrected chi connectivity index (χ2v) is 20.2. The topological polar surface area (TPSA) is 126 Å². The summed E-state index contributed by atoms with van der Waals surface area (Å²) in [5, 5.41) is 2.96. The molecule has 2 saturated carbocycles. The highest BCUT2D eigenvalue weighted by Gasteiger charge is 2.35. The van der Waals surface area contributed by atoms with E-state index in [1.54, 1.807) is 36.5 Å². The highest BCUT2D eigenvalue weighted by molar-refractivity contribution is 7.91. The molecule has 0 amide bonds. The molecule has 2 N–H and O–H groups in total. The molecule has 8 aromatic rings. The van der Waals surface area contributed by atoms with Gasteiger partial charge in [-0.15, -0.1) is 0 Å². The molecule has 0 aliphatic heterocycles. The van der Waals surface area contributed by atoms with E-state index < -0.39 is 15.2 Å². The number of aromatic amines is 2. The van der Waals surface area contributed by atoms with Crippen molar-refractivity contribution in [3.63, 3.8) is 0 Å². The molecule has 5 aromatic carbocycles. The number of benzene rings is 5. The first kappa shape index (κ1) is 49.0. The maximum absolute atomic E-state index is 12.6. The van der Waals surface area contributed by atoms with Crippen molar-refractivity contribution in [2.24, 2.45) is 11.8 Å². The predicted molar refractivity (Wildman–Crippen MR) is 270 cm³/mol. The van der Waals surface area contributed by atoms with Crippen molar-refractivity contribution >= 4 is 102 Å². The molecular formula is C51H41Cl5N6O4S. The van der Waals surface area contributed by atoms with Crippen LogP contribution in [-0.4, -0.2) is 47.1 Å². The van der Waals surface area contributed by atoms with Crippen molar-refractivity contribution in [2.75, 3.05) is 6.54 Å². The van der Waals surface area contributed by atoms with E-state index in [1.165, 1.54) is 56.0 Å². The maximum Gasteiger partial charge on any atom is 0.350 e. The quantitative estimate of drug-likeness (QED) is 0.104. The van der Waals surface area contributed by atoms with Gasteiger partial charge in [0.2, 0.25) is 6.54 Å². The SMILES string of the molecule is Clc1ccc2c(-c3c(-c4ccc(Cl)c(Cl)c4)ncn3CC3CC3)c[nH]c2c1.O=Cc1ccc2c(C=O)c[nH]c2c1.[C-]#[N+]C(c1ccc(Cl)c(Cl)c1)S(=O)(=O)c1ccc(C)cc1.[C-]#[N+]CC1CC1. The van der Waals surface area contributed by atoms with E-state index >= 15 is 0 Å². The molecular weight excluding hydrogens is 970 g/mol. The number of nitrogens with one attached hydrogen (secondary N) is 2. The van der Waals surface area contributed by atoms with E-state index in [0.717, 1.165) is 87.4 Å². The van der Waals surface area contributed by atoms with Gasteiger partial charge in [0.15, 0.2) is 6.29 Å². The Kier molecular flexibility index (Phi) is 16.0. The Bertz CT molecular complexity index is 3290. The number of hydrogen-bond donors (Lipinski definition) is 2. The average Bonchev–Trinajstić information content (AvgIpc) is 4.20. The molecule has 3 heterocycles. The Morgan fingerprint density at radius 3 is 2.01 bits per heavy atom. The Morgan fingerprint density at radius 1 is 0.746 bits per heavy atom. The summed E-state index contributed by atoms with van der Waals surface area (Å²) in [5.74, 6) is 1.53. The van der Waals surface area contributed by atoms with Gasteiger partial charge in [-0.3, -0.25) is 14.4 Å². The molecule has 340 valence electrons. The van der Waals surface area contributed by atoms with E-state index in [4.69, 9.17) is 76.1 Å². The van der Waals surface area contributed by atoms with E-state index in [9.17, 15) is 18.0 Å². The van der Waals surface area contributed by atoms with Gasteiger partial charge in [-0.05, 0) is 99.2 Å². The minimum atomic E-state index is -3.81. The normalized spacial score (nSPS) is 13.4. The molecule has 2 fully saturated rings. The summed E-state index contributed by atoms with van der Waals surface area (Å²) in [6.45, 7) is 17.3. The third kappa shape index (κ3) is 12.0. The first-order valence-electron chi connectivity index (χ1n) is 21.0. The highest BCUT2D eigenvalue weighted by atomic mass is 35.5. The van der Waals surface area contributed by atoms with Crippen LogP contribution in [0.1, 0.15) is 62.9 Å². The summed E-state index contributed by atoms with van der Waals surface area (Å²) in [6, 6.07) is 27.5. The van der Waals surface area contributed by atoms with Gasteiger partial charge < -0.3 is 19.4 Å². The fourth-order valence-electron chi connectivity index (χ4n) is 7.14. The molecule has 1 unspecified atom stereocenters. The van der Waals surface area contributed by atoms with Crippen molar-refractivity contribution in [3.05, 3.63) is 186 Å². The average molecular weight is 1010 g/mol. The Hall–Kier alpha value is -5.89. The molecule has 2 aliphatic rings. The van der Waals surface area contributed by atoms with E-state index in [1.807, 2.05) is 49.8 Å². The molecule has 0 spiro atoms. The number of aryl methyl sites for hydroxylation is 1. The zero-order valence-corrected chi connectivity index (χ0v) is 40.4. The predicted octanol–water partition coefficient (Wildman–Crippen LogP) is 14.9. The molecule has 16 heteroatoms. The molecule has 2 aliphatic carbocycles. The first-order chi connectivity index (χ1) is 32.2. The summed E-state index contributed by atoms with van der Waals surface area (Å²) in [4.78, 5) is 38.6. The standard InChI is InChI=1S/C21H16Cl3N3.C15H11Cl2NO2S.C10H7NO2.C5H7N/c22-14-4-5-15-16(9-25-19(15)8-14)21-20(13-3-6-17(23)18(24)7-13)26-11-27(21)10-12-1-2-12;1-10-3-6-12(7-4-10)21(19,20)15(18-2)11-5-8-13(16)14(17)9-11;12-5-7-1-2-9-8(6-13)4-11-10(9)3-7;1-6-4-5-2-3-5/h3-9,11-12,25H,1-2,10H2;3-9,15H,1H3;1-6,11H;5H,2-4H2. The van der Waals surface area contributed by atoms with E-state index in [0.29, 0.717) is 36.8 Å². The van der Waals surface area contributed by atoms with Crippen LogP contribution in [-0.2, 0) is 16.4 Å². The van der Waals surface area contributed by atoms with Gasteiger partial charge in [0.25, 0.3) is 9.84 Å². The van der Waals surface area contributed by atoms with Crippen molar-refractivity contribution in [1.29, 1.82) is 0 Å². The molecule has 67 heavy (non-hydrogen) atoms. The van der Waals surface area contributed by atoms with Gasteiger partial charge in [0, 0.05) is 73.9 Å². The fraction of sp³-hybridized carbons (Fsp3) is 0.196. The van der Waals surface area contributed by atoms with Gasteiger partial charge in [-0.1, -0.05) is 100.0 Å². The van der Waals surface area contributed by atoms with E-state index in [2.05, 4.69) is 30.3 Å². The number of imidazole rings is 1. The number of carbonyl (C=O) groups excluding carboxylic acids is 2. The number of nitrogens with zero attached hydrogens (tertiary/aromatic N) is 4. The van der Waals surface area contributed by atoms with Crippen LogP contribution in [0.15, 0.2) is 121 Å². The minimum absolute atomic E-state index is 0.111. The Balaban J connectivity index is 0.000000147. The first-order valence-corrected chi connectivity index (χ1v) is 24.4. The summed E-state index contributed by atoms with van der Waals surface area (Å²) < 4.78 is 27.4. The number of aromatic nitrogens is 4. The lowest BCUT2D eigenvalue weighted by Crippen LogP contribution is -2.10. The molecule has 0 saturated heterocycles. The molecule has 0 bridgehead atoms. The smallest absolute Gasteiger partial charge is 0.350 e. The van der Waals surface area contributed by atoms with Crippen LogP contribution in [0, 0.1) is 31.9 Å². The molecule has 10 nitrogen and oxygen atoms in total. The van der Waals surface area contributed by atoms with Gasteiger partial charge >= 0.3 is 5.37 Å². The van der Waals surface area contributed by atoms with E-state index in [-0.39, 0.29) is 9.92 Å². The van der Waals surface area contributed by atoms with Crippen LogP contribution in [0.25, 0.3) is 54.0 Å². The summed E-state index contributed by atoms with van der Waals surface area (Å²) in [6.07, 6.45) is 12.3. The number of rotatable bonds is 10. The van der Waals surface area contributed by atoms with Crippen LogP contribution in [0.4, 0.5) is 0 Å². The van der Waals surface area contributed by atoms with Crippen molar-refractivity contribution < 1.29 is 18.0 Å².